The predicted molar refractivity (Wildman–Crippen MR) is 121 cm³/mol. The van der Waals surface area contributed by atoms with Gasteiger partial charge in [-0.1, -0.05) is 35.9 Å². The molecule has 1 aliphatic rings. The molecule has 1 saturated heterocycles. The minimum atomic E-state index is 0.764. The Morgan fingerprint density at radius 2 is 1.83 bits per heavy atom. The van der Waals surface area contributed by atoms with Gasteiger partial charge in [-0.25, -0.2) is 4.98 Å². The fourth-order valence-electron chi connectivity index (χ4n) is 4.12. The first-order valence-corrected chi connectivity index (χ1v) is 10.8. The van der Waals surface area contributed by atoms with Crippen molar-refractivity contribution >= 4 is 28.2 Å². The van der Waals surface area contributed by atoms with E-state index in [-0.39, 0.29) is 0 Å². The third-order valence-corrected chi connectivity index (χ3v) is 5.98. The van der Waals surface area contributed by atoms with Crippen LogP contribution in [0.5, 0.6) is 5.75 Å². The minimum Gasteiger partial charge on any atom is -0.496 e. The van der Waals surface area contributed by atoms with E-state index in [1.165, 1.54) is 23.8 Å². The third kappa shape index (κ3) is 4.82. The fraction of sp³-hybridized carbons (Fsp3) is 0.375. The summed E-state index contributed by atoms with van der Waals surface area (Å²) in [6.07, 6.45) is 5.37. The van der Waals surface area contributed by atoms with Crippen LogP contribution >= 0.6 is 11.6 Å². The van der Waals surface area contributed by atoms with Crippen molar-refractivity contribution in [2.24, 2.45) is 0 Å². The molecule has 152 valence electrons. The first-order valence-electron chi connectivity index (χ1n) is 10.4. The van der Waals surface area contributed by atoms with Crippen LogP contribution < -0.4 is 9.64 Å². The molecular formula is C24H28ClN3O. The van der Waals surface area contributed by atoms with Crippen LogP contribution in [0.25, 0.3) is 10.8 Å². The standard InChI is InChI=1S/C24H28ClN3O/c1-29-23-8-3-2-6-20(23)7-4-5-13-27-14-16-28(17-15-27)24-22-18-21(25)10-9-19(22)11-12-26-24/h2-3,6,8-12,18H,4-5,7,13-17H2,1H3. The van der Waals surface area contributed by atoms with Crippen LogP contribution in [0, 0.1) is 0 Å². The lowest BCUT2D eigenvalue weighted by atomic mass is 10.1. The van der Waals surface area contributed by atoms with Gasteiger partial charge < -0.3 is 9.64 Å². The quantitative estimate of drug-likeness (QED) is 0.511. The molecule has 4 rings (SSSR count). The number of fused-ring (bicyclic) bond motifs is 1. The number of anilines is 1. The average Bonchev–Trinajstić information content (AvgIpc) is 2.77. The molecule has 0 unspecified atom stereocenters. The van der Waals surface area contributed by atoms with Crippen molar-refractivity contribution in [1.29, 1.82) is 0 Å². The largest absolute Gasteiger partial charge is 0.496 e. The molecule has 0 bridgehead atoms. The van der Waals surface area contributed by atoms with E-state index in [1.54, 1.807) is 7.11 Å². The van der Waals surface area contributed by atoms with Crippen LogP contribution in [0.4, 0.5) is 5.82 Å². The minimum absolute atomic E-state index is 0.764. The zero-order valence-corrected chi connectivity index (χ0v) is 17.7. The lowest BCUT2D eigenvalue weighted by Gasteiger charge is -2.36. The van der Waals surface area contributed by atoms with Gasteiger partial charge >= 0.3 is 0 Å². The third-order valence-electron chi connectivity index (χ3n) is 5.74. The molecule has 0 spiro atoms. The topological polar surface area (TPSA) is 28.6 Å². The van der Waals surface area contributed by atoms with E-state index in [0.717, 1.165) is 61.1 Å². The van der Waals surface area contributed by atoms with Crippen molar-refractivity contribution in [3.63, 3.8) is 0 Å². The van der Waals surface area contributed by atoms with Crippen LogP contribution in [0.3, 0.4) is 0 Å². The molecule has 2 heterocycles. The lowest BCUT2D eigenvalue weighted by Crippen LogP contribution is -2.47. The molecule has 0 amide bonds. The van der Waals surface area contributed by atoms with E-state index < -0.39 is 0 Å². The lowest BCUT2D eigenvalue weighted by molar-refractivity contribution is 0.252. The van der Waals surface area contributed by atoms with Crippen molar-refractivity contribution in [3.05, 3.63) is 65.3 Å². The highest BCUT2D eigenvalue weighted by Crippen LogP contribution is 2.28. The highest BCUT2D eigenvalue weighted by molar-refractivity contribution is 6.31. The number of ether oxygens (including phenoxy) is 1. The van der Waals surface area contributed by atoms with E-state index in [9.17, 15) is 0 Å². The van der Waals surface area contributed by atoms with Gasteiger partial charge in [0.15, 0.2) is 0 Å². The molecule has 5 heteroatoms. The summed E-state index contributed by atoms with van der Waals surface area (Å²) in [5.74, 6) is 2.06. The summed E-state index contributed by atoms with van der Waals surface area (Å²) in [6, 6.07) is 16.4. The second-order valence-corrected chi connectivity index (χ2v) is 8.03. The van der Waals surface area contributed by atoms with Gasteiger partial charge in [0, 0.05) is 42.8 Å². The van der Waals surface area contributed by atoms with Crippen molar-refractivity contribution in [3.8, 4) is 5.75 Å². The average molecular weight is 410 g/mol. The second-order valence-electron chi connectivity index (χ2n) is 7.60. The molecule has 1 fully saturated rings. The molecule has 0 radical (unpaired) electrons. The first kappa shape index (κ1) is 20.0. The van der Waals surface area contributed by atoms with Crippen LogP contribution in [-0.2, 0) is 6.42 Å². The van der Waals surface area contributed by atoms with Gasteiger partial charge in [-0.3, -0.25) is 4.90 Å². The highest BCUT2D eigenvalue weighted by Gasteiger charge is 2.19. The molecule has 0 saturated carbocycles. The summed E-state index contributed by atoms with van der Waals surface area (Å²) >= 11 is 6.22. The van der Waals surface area contributed by atoms with E-state index in [0.29, 0.717) is 0 Å². The zero-order chi connectivity index (χ0) is 20.1. The van der Waals surface area contributed by atoms with E-state index in [2.05, 4.69) is 33.0 Å². The van der Waals surface area contributed by atoms with Gasteiger partial charge in [0.1, 0.15) is 11.6 Å². The molecule has 3 aromatic rings. The number of methoxy groups -OCH3 is 1. The predicted octanol–water partition coefficient (Wildman–Crippen LogP) is 5.04. The van der Waals surface area contributed by atoms with Gasteiger partial charge in [0.05, 0.1) is 7.11 Å². The number of hydrogen-bond donors (Lipinski definition) is 0. The zero-order valence-electron chi connectivity index (χ0n) is 17.0. The van der Waals surface area contributed by atoms with Crippen LogP contribution in [-0.4, -0.2) is 49.7 Å². The van der Waals surface area contributed by atoms with Gasteiger partial charge in [0.25, 0.3) is 0 Å². The Hall–Kier alpha value is -2.30. The molecule has 29 heavy (non-hydrogen) atoms. The molecule has 1 aromatic heterocycles. The highest BCUT2D eigenvalue weighted by atomic mass is 35.5. The van der Waals surface area contributed by atoms with Gasteiger partial charge in [-0.05, 0) is 61.0 Å². The number of rotatable bonds is 7. The number of aromatic nitrogens is 1. The first-order chi connectivity index (χ1) is 14.2. The SMILES string of the molecule is COc1ccccc1CCCCN1CCN(c2nccc3ccc(Cl)cc23)CC1. The normalized spacial score (nSPS) is 15.0. The number of nitrogens with zero attached hydrogens (tertiary/aromatic N) is 3. The maximum atomic E-state index is 6.22. The molecule has 0 atom stereocenters. The number of piperazine rings is 1. The smallest absolute Gasteiger partial charge is 0.136 e. The Morgan fingerprint density at radius 3 is 2.66 bits per heavy atom. The number of aryl methyl sites for hydroxylation is 1. The summed E-state index contributed by atoms with van der Waals surface area (Å²) in [6.45, 7) is 5.31. The van der Waals surface area contributed by atoms with Gasteiger partial charge in [-0.15, -0.1) is 0 Å². The molecular weight excluding hydrogens is 382 g/mol. The summed E-state index contributed by atoms with van der Waals surface area (Å²) in [4.78, 5) is 9.62. The Labute approximate surface area is 178 Å². The number of pyridine rings is 1. The van der Waals surface area contributed by atoms with Crippen LogP contribution in [0.15, 0.2) is 54.7 Å². The van der Waals surface area contributed by atoms with Crippen molar-refractivity contribution < 1.29 is 4.74 Å². The summed E-state index contributed by atoms with van der Waals surface area (Å²) in [5.41, 5.74) is 1.31. The molecule has 0 N–H and O–H groups in total. The van der Waals surface area contributed by atoms with E-state index >= 15 is 0 Å². The molecule has 2 aromatic carbocycles. The number of unbranched alkanes of at least 4 members (excludes halogenated alkanes) is 1. The Bertz CT molecular complexity index is 954. The van der Waals surface area contributed by atoms with Crippen LogP contribution in [0.2, 0.25) is 5.02 Å². The number of halogens is 1. The molecule has 0 aliphatic carbocycles. The van der Waals surface area contributed by atoms with Gasteiger partial charge in [-0.2, -0.15) is 0 Å². The number of para-hydroxylation sites is 1. The van der Waals surface area contributed by atoms with Crippen molar-refractivity contribution in [1.82, 2.24) is 9.88 Å². The summed E-state index contributed by atoms with van der Waals surface area (Å²) < 4.78 is 5.45. The van der Waals surface area contributed by atoms with Crippen molar-refractivity contribution in [2.45, 2.75) is 19.3 Å². The summed E-state index contributed by atoms with van der Waals surface area (Å²) in [7, 11) is 1.75. The molecule has 1 aliphatic heterocycles. The monoisotopic (exact) mass is 409 g/mol. The van der Waals surface area contributed by atoms with E-state index in [4.69, 9.17) is 16.3 Å². The maximum Gasteiger partial charge on any atom is 0.136 e. The number of hydrogen-bond acceptors (Lipinski definition) is 4. The van der Waals surface area contributed by atoms with Gasteiger partial charge in [0.2, 0.25) is 0 Å². The second kappa shape index (κ2) is 9.47. The maximum absolute atomic E-state index is 6.22. The Kier molecular flexibility index (Phi) is 6.53. The summed E-state index contributed by atoms with van der Waals surface area (Å²) in [5, 5.41) is 3.10. The number of benzene rings is 2. The van der Waals surface area contributed by atoms with E-state index in [1.807, 2.05) is 36.5 Å². The molecule has 4 nitrogen and oxygen atoms in total. The Morgan fingerprint density at radius 1 is 1.00 bits per heavy atom. The fourth-order valence-corrected chi connectivity index (χ4v) is 4.29. The van der Waals surface area contributed by atoms with Crippen LogP contribution in [0.1, 0.15) is 18.4 Å². The Balaban J connectivity index is 1.27. The van der Waals surface area contributed by atoms with Crippen molar-refractivity contribution in [2.75, 3.05) is 44.7 Å².